The van der Waals surface area contributed by atoms with Crippen LogP contribution in [0, 0.1) is 0 Å². The molecule has 1 aliphatic heterocycles. The van der Waals surface area contributed by atoms with Gasteiger partial charge in [0.15, 0.2) is 0 Å². The molecule has 0 radical (unpaired) electrons. The lowest BCUT2D eigenvalue weighted by atomic mass is 10.1. The van der Waals surface area contributed by atoms with Crippen LogP contribution in [0.15, 0.2) is 18.2 Å². The Hall–Kier alpha value is -1.22. The van der Waals surface area contributed by atoms with Crippen molar-refractivity contribution in [2.45, 2.75) is 45.7 Å². The molecule has 0 saturated carbocycles. The van der Waals surface area contributed by atoms with Crippen LogP contribution in [-0.2, 0) is 6.54 Å². The van der Waals surface area contributed by atoms with Crippen LogP contribution in [0.25, 0.3) is 0 Å². The summed E-state index contributed by atoms with van der Waals surface area (Å²) >= 11 is 0. The lowest BCUT2D eigenvalue weighted by Gasteiger charge is -2.21. The van der Waals surface area contributed by atoms with E-state index in [-0.39, 0.29) is 0 Å². The maximum atomic E-state index is 10.0. The van der Waals surface area contributed by atoms with Crippen molar-refractivity contribution in [1.82, 2.24) is 4.90 Å². The van der Waals surface area contributed by atoms with E-state index in [1.54, 1.807) is 6.07 Å². The molecule has 1 N–H and O–H groups in total. The van der Waals surface area contributed by atoms with Crippen LogP contribution >= 0.6 is 0 Å². The summed E-state index contributed by atoms with van der Waals surface area (Å²) in [6.45, 7) is 6.99. The van der Waals surface area contributed by atoms with Gasteiger partial charge in [0.1, 0.15) is 11.5 Å². The minimum atomic E-state index is 0.350. The molecule has 1 aliphatic rings. The highest BCUT2D eigenvalue weighted by atomic mass is 16.5. The molecule has 0 bridgehead atoms. The maximum Gasteiger partial charge on any atom is 0.123 e. The molecule has 1 aromatic carbocycles. The third-order valence-electron chi connectivity index (χ3n) is 3.59. The molecule has 18 heavy (non-hydrogen) atoms. The van der Waals surface area contributed by atoms with Gasteiger partial charge in [0, 0.05) is 24.2 Å². The Bertz CT molecular complexity index is 392. The van der Waals surface area contributed by atoms with Crippen molar-refractivity contribution < 1.29 is 9.84 Å². The smallest absolute Gasteiger partial charge is 0.123 e. The highest BCUT2D eigenvalue weighted by Gasteiger charge is 2.21. The summed E-state index contributed by atoms with van der Waals surface area (Å²) in [6, 6.07) is 6.28. The zero-order valence-electron chi connectivity index (χ0n) is 11.4. The van der Waals surface area contributed by atoms with Crippen LogP contribution in [0.1, 0.15) is 38.7 Å². The van der Waals surface area contributed by atoms with Gasteiger partial charge in [-0.25, -0.2) is 0 Å². The summed E-state index contributed by atoms with van der Waals surface area (Å²) in [5.74, 6) is 1.11. The topological polar surface area (TPSA) is 32.7 Å². The van der Waals surface area contributed by atoms with E-state index in [1.165, 1.54) is 12.8 Å². The molecule has 3 nitrogen and oxygen atoms in total. The fourth-order valence-electron chi connectivity index (χ4n) is 2.43. The van der Waals surface area contributed by atoms with Gasteiger partial charge in [0.05, 0.1) is 6.61 Å². The number of aromatic hydroxyl groups is 1. The van der Waals surface area contributed by atoms with Crippen LogP contribution in [0.3, 0.4) is 0 Å². The molecule has 0 amide bonds. The summed E-state index contributed by atoms with van der Waals surface area (Å²) in [4.78, 5) is 2.42. The van der Waals surface area contributed by atoms with Gasteiger partial charge in [-0.2, -0.15) is 0 Å². The number of benzene rings is 1. The summed E-state index contributed by atoms with van der Waals surface area (Å²) in [7, 11) is 0. The first-order valence-electron chi connectivity index (χ1n) is 6.89. The van der Waals surface area contributed by atoms with E-state index in [0.29, 0.717) is 18.4 Å². The molecule has 100 valence electrons. The Morgan fingerprint density at radius 1 is 1.44 bits per heavy atom. The quantitative estimate of drug-likeness (QED) is 0.870. The number of hydrogen-bond acceptors (Lipinski definition) is 3. The molecule has 0 spiro atoms. The zero-order chi connectivity index (χ0) is 13.0. The van der Waals surface area contributed by atoms with Crippen LogP contribution in [0.5, 0.6) is 11.5 Å². The third kappa shape index (κ3) is 3.16. The second-order valence-electron chi connectivity index (χ2n) is 5.10. The van der Waals surface area contributed by atoms with E-state index >= 15 is 0 Å². The van der Waals surface area contributed by atoms with E-state index in [4.69, 9.17) is 4.74 Å². The molecular weight excluding hydrogens is 226 g/mol. The minimum Gasteiger partial charge on any atom is -0.507 e. The lowest BCUT2D eigenvalue weighted by Crippen LogP contribution is -2.26. The van der Waals surface area contributed by atoms with Crippen molar-refractivity contribution in [1.29, 1.82) is 0 Å². The minimum absolute atomic E-state index is 0.350. The van der Waals surface area contributed by atoms with E-state index in [9.17, 15) is 5.11 Å². The maximum absolute atomic E-state index is 10.0. The van der Waals surface area contributed by atoms with Gasteiger partial charge < -0.3 is 9.84 Å². The summed E-state index contributed by atoms with van der Waals surface area (Å²) in [5, 5.41) is 10.0. The van der Waals surface area contributed by atoms with Crippen LogP contribution < -0.4 is 4.74 Å². The fourth-order valence-corrected chi connectivity index (χ4v) is 2.43. The first-order valence-corrected chi connectivity index (χ1v) is 6.89. The molecule has 1 saturated heterocycles. The van der Waals surface area contributed by atoms with Crippen molar-refractivity contribution in [2.75, 3.05) is 13.2 Å². The molecule has 1 heterocycles. The summed E-state index contributed by atoms with van der Waals surface area (Å²) in [5.41, 5.74) is 0.993. The van der Waals surface area contributed by atoms with Crippen molar-refractivity contribution in [3.8, 4) is 11.5 Å². The average Bonchev–Trinajstić information content (AvgIpc) is 2.75. The van der Waals surface area contributed by atoms with Gasteiger partial charge in [-0.3, -0.25) is 4.90 Å². The number of phenolic OH excluding ortho intramolecular Hbond substituents is 1. The van der Waals surface area contributed by atoms with E-state index < -0.39 is 0 Å². The SMILES string of the molecule is CCCOc1ccc(CN2CCCC2C)c(O)c1. The first kappa shape index (κ1) is 13.2. The predicted octanol–water partition coefficient (Wildman–Crippen LogP) is 3.17. The summed E-state index contributed by atoms with van der Waals surface area (Å²) in [6.07, 6.45) is 3.51. The zero-order valence-corrected chi connectivity index (χ0v) is 11.4. The van der Waals surface area contributed by atoms with Crippen molar-refractivity contribution in [3.63, 3.8) is 0 Å². The fraction of sp³-hybridized carbons (Fsp3) is 0.600. The molecule has 0 aliphatic carbocycles. The van der Waals surface area contributed by atoms with Crippen LogP contribution in [0.4, 0.5) is 0 Å². The van der Waals surface area contributed by atoms with Crippen molar-refractivity contribution in [2.24, 2.45) is 0 Å². The molecular formula is C15H23NO2. The second kappa shape index (κ2) is 6.10. The standard InChI is InChI=1S/C15H23NO2/c1-3-9-18-14-7-6-13(15(17)10-14)11-16-8-4-5-12(16)2/h6-7,10,12,17H,3-5,8-9,11H2,1-2H3. The third-order valence-corrected chi connectivity index (χ3v) is 3.59. The Kier molecular flexibility index (Phi) is 4.48. The normalized spacial score (nSPS) is 20.2. The number of likely N-dealkylation sites (tertiary alicyclic amines) is 1. The molecule has 2 rings (SSSR count). The molecule has 1 unspecified atom stereocenters. The Balaban J connectivity index is 2.00. The van der Waals surface area contributed by atoms with Gasteiger partial charge in [-0.15, -0.1) is 0 Å². The second-order valence-corrected chi connectivity index (χ2v) is 5.10. The Morgan fingerprint density at radius 3 is 2.89 bits per heavy atom. The van der Waals surface area contributed by atoms with E-state index in [0.717, 1.165) is 30.8 Å². The first-order chi connectivity index (χ1) is 8.70. The van der Waals surface area contributed by atoms with Gasteiger partial charge >= 0.3 is 0 Å². The Morgan fingerprint density at radius 2 is 2.28 bits per heavy atom. The molecule has 1 aromatic rings. The molecule has 1 atom stereocenters. The molecule has 1 fully saturated rings. The molecule has 3 heteroatoms. The summed E-state index contributed by atoms with van der Waals surface area (Å²) < 4.78 is 5.51. The highest BCUT2D eigenvalue weighted by molar-refractivity contribution is 5.39. The van der Waals surface area contributed by atoms with Crippen molar-refractivity contribution >= 4 is 0 Å². The van der Waals surface area contributed by atoms with Gasteiger partial charge in [0.2, 0.25) is 0 Å². The average molecular weight is 249 g/mol. The van der Waals surface area contributed by atoms with E-state index in [1.807, 2.05) is 12.1 Å². The van der Waals surface area contributed by atoms with Crippen LogP contribution in [0.2, 0.25) is 0 Å². The lowest BCUT2D eigenvalue weighted by molar-refractivity contribution is 0.256. The Labute approximate surface area is 109 Å². The number of nitrogens with zero attached hydrogens (tertiary/aromatic N) is 1. The number of hydrogen-bond donors (Lipinski definition) is 1. The van der Waals surface area contributed by atoms with Gasteiger partial charge in [0.25, 0.3) is 0 Å². The molecule has 0 aromatic heterocycles. The number of phenols is 1. The highest BCUT2D eigenvalue weighted by Crippen LogP contribution is 2.27. The largest absolute Gasteiger partial charge is 0.507 e. The number of rotatable bonds is 5. The monoisotopic (exact) mass is 249 g/mol. The van der Waals surface area contributed by atoms with Crippen LogP contribution in [-0.4, -0.2) is 29.2 Å². The van der Waals surface area contributed by atoms with Gasteiger partial charge in [-0.1, -0.05) is 13.0 Å². The number of ether oxygens (including phenoxy) is 1. The van der Waals surface area contributed by atoms with E-state index in [2.05, 4.69) is 18.7 Å². The van der Waals surface area contributed by atoms with Gasteiger partial charge in [-0.05, 0) is 38.8 Å². The van der Waals surface area contributed by atoms with Crippen molar-refractivity contribution in [3.05, 3.63) is 23.8 Å². The predicted molar refractivity (Wildman–Crippen MR) is 73.0 cm³/mol.